The van der Waals surface area contributed by atoms with Crippen molar-refractivity contribution in [3.8, 4) is 0 Å². The number of amides is 1. The maximum atomic E-state index is 12.9. The number of likely N-dealkylation sites (N-methyl/N-ethyl adjacent to an activating group) is 1. The average Bonchev–Trinajstić information content (AvgIpc) is 3.00. The molecule has 3 aliphatic rings. The fraction of sp³-hybridized carbons (Fsp3) is 0.682. The van der Waals surface area contributed by atoms with E-state index in [4.69, 9.17) is 0 Å². The summed E-state index contributed by atoms with van der Waals surface area (Å²) < 4.78 is 0. The normalized spacial score (nSPS) is 31.7. The van der Waals surface area contributed by atoms with Crippen LogP contribution in [-0.4, -0.2) is 54.0 Å². The molecule has 142 valence electrons. The van der Waals surface area contributed by atoms with Gasteiger partial charge in [-0.15, -0.1) is 0 Å². The maximum Gasteiger partial charge on any atom is 0.222 e. The summed E-state index contributed by atoms with van der Waals surface area (Å²) in [5.41, 5.74) is 1.37. The van der Waals surface area contributed by atoms with Crippen molar-refractivity contribution < 1.29 is 4.79 Å². The summed E-state index contributed by atoms with van der Waals surface area (Å²) >= 11 is 0. The fourth-order valence-electron chi connectivity index (χ4n) is 5.27. The van der Waals surface area contributed by atoms with Gasteiger partial charge in [0.2, 0.25) is 5.91 Å². The quantitative estimate of drug-likeness (QED) is 0.882. The van der Waals surface area contributed by atoms with Gasteiger partial charge in [-0.3, -0.25) is 9.69 Å². The van der Waals surface area contributed by atoms with E-state index < -0.39 is 0 Å². The van der Waals surface area contributed by atoms with E-state index in [0.29, 0.717) is 30.0 Å². The fourth-order valence-corrected chi connectivity index (χ4v) is 5.27. The highest BCUT2D eigenvalue weighted by molar-refractivity contribution is 5.76. The van der Waals surface area contributed by atoms with Crippen LogP contribution in [0, 0.1) is 5.92 Å². The third-order valence-corrected chi connectivity index (χ3v) is 6.70. The standard InChI is InChI=1S/C22H33N3O/c1-24(22(26)14-18-12-19-9-10-20(13-18)23-19)21-8-5-11-25(16-21)15-17-6-3-2-4-7-17/h2-4,6-7,18-21,23H,5,8-16H2,1H3. The van der Waals surface area contributed by atoms with Crippen molar-refractivity contribution >= 4 is 5.91 Å². The van der Waals surface area contributed by atoms with Crippen LogP contribution in [0.25, 0.3) is 0 Å². The SMILES string of the molecule is CN(C(=O)CC1CC2CCC(C1)N2)C1CCCN(Cc2ccccc2)C1. The summed E-state index contributed by atoms with van der Waals surface area (Å²) in [5.74, 6) is 0.954. The molecule has 3 atom stereocenters. The molecule has 0 aromatic heterocycles. The molecule has 1 N–H and O–H groups in total. The van der Waals surface area contributed by atoms with E-state index in [1.165, 1.54) is 37.7 Å². The van der Waals surface area contributed by atoms with Crippen LogP contribution in [0.4, 0.5) is 0 Å². The largest absolute Gasteiger partial charge is 0.341 e. The Kier molecular flexibility index (Phi) is 5.60. The average molecular weight is 356 g/mol. The molecule has 3 aliphatic heterocycles. The molecule has 4 rings (SSSR count). The van der Waals surface area contributed by atoms with E-state index in [2.05, 4.69) is 45.4 Å². The Labute approximate surface area is 157 Å². The van der Waals surface area contributed by atoms with Gasteiger partial charge in [-0.2, -0.15) is 0 Å². The van der Waals surface area contributed by atoms with Gasteiger partial charge in [-0.25, -0.2) is 0 Å². The molecule has 26 heavy (non-hydrogen) atoms. The van der Waals surface area contributed by atoms with E-state index in [0.717, 1.165) is 32.5 Å². The van der Waals surface area contributed by atoms with Crippen molar-refractivity contribution in [2.24, 2.45) is 5.92 Å². The Morgan fingerprint density at radius 3 is 2.62 bits per heavy atom. The van der Waals surface area contributed by atoms with Crippen molar-refractivity contribution in [3.63, 3.8) is 0 Å². The molecule has 3 unspecified atom stereocenters. The van der Waals surface area contributed by atoms with Gasteiger partial charge < -0.3 is 10.2 Å². The number of rotatable bonds is 5. The topological polar surface area (TPSA) is 35.6 Å². The van der Waals surface area contributed by atoms with Gasteiger partial charge in [0.15, 0.2) is 0 Å². The molecule has 1 aromatic rings. The zero-order chi connectivity index (χ0) is 17.9. The Morgan fingerprint density at radius 1 is 1.15 bits per heavy atom. The van der Waals surface area contributed by atoms with Crippen LogP contribution in [0.1, 0.15) is 50.5 Å². The molecule has 0 spiro atoms. The van der Waals surface area contributed by atoms with Crippen LogP contribution >= 0.6 is 0 Å². The van der Waals surface area contributed by atoms with Crippen LogP contribution in [0.3, 0.4) is 0 Å². The first-order valence-corrected chi connectivity index (χ1v) is 10.5. The van der Waals surface area contributed by atoms with Crippen LogP contribution < -0.4 is 5.32 Å². The molecule has 2 bridgehead atoms. The zero-order valence-electron chi connectivity index (χ0n) is 16.1. The lowest BCUT2D eigenvalue weighted by Gasteiger charge is -2.38. The summed E-state index contributed by atoms with van der Waals surface area (Å²) in [6, 6.07) is 12.4. The van der Waals surface area contributed by atoms with Crippen molar-refractivity contribution in [1.82, 2.24) is 15.1 Å². The summed E-state index contributed by atoms with van der Waals surface area (Å²) in [7, 11) is 2.04. The van der Waals surface area contributed by atoms with Gasteiger partial charge in [0.05, 0.1) is 0 Å². The second-order valence-corrected chi connectivity index (χ2v) is 8.70. The first-order chi connectivity index (χ1) is 12.7. The van der Waals surface area contributed by atoms with Gasteiger partial charge in [0.25, 0.3) is 0 Å². The van der Waals surface area contributed by atoms with Crippen molar-refractivity contribution in [2.45, 2.75) is 69.6 Å². The number of nitrogens with one attached hydrogen (secondary N) is 1. The third kappa shape index (κ3) is 4.29. The predicted octanol–water partition coefficient (Wildman–Crippen LogP) is 3.03. The summed E-state index contributed by atoms with van der Waals surface area (Å²) in [4.78, 5) is 17.5. The highest BCUT2D eigenvalue weighted by Crippen LogP contribution is 2.33. The number of carbonyl (C=O) groups excluding carboxylic acids is 1. The minimum absolute atomic E-state index is 0.364. The first-order valence-electron chi connectivity index (χ1n) is 10.5. The number of likely N-dealkylation sites (tertiary alicyclic amines) is 1. The van der Waals surface area contributed by atoms with E-state index in [1.807, 2.05) is 7.05 Å². The molecule has 0 saturated carbocycles. The zero-order valence-corrected chi connectivity index (χ0v) is 16.1. The Hall–Kier alpha value is -1.39. The lowest BCUT2D eigenvalue weighted by atomic mass is 9.89. The molecule has 0 radical (unpaired) electrons. The molecule has 1 amide bonds. The highest BCUT2D eigenvalue weighted by Gasteiger charge is 2.35. The smallest absolute Gasteiger partial charge is 0.222 e. The first kappa shape index (κ1) is 18.0. The Morgan fingerprint density at radius 2 is 1.88 bits per heavy atom. The molecule has 4 heteroatoms. The van der Waals surface area contributed by atoms with E-state index in [-0.39, 0.29) is 0 Å². The van der Waals surface area contributed by atoms with Crippen LogP contribution in [0.5, 0.6) is 0 Å². The third-order valence-electron chi connectivity index (χ3n) is 6.70. The van der Waals surface area contributed by atoms with E-state index in [9.17, 15) is 4.79 Å². The molecule has 3 saturated heterocycles. The molecule has 3 heterocycles. The molecular weight excluding hydrogens is 322 g/mol. The van der Waals surface area contributed by atoms with E-state index in [1.54, 1.807) is 0 Å². The molecule has 1 aromatic carbocycles. The van der Waals surface area contributed by atoms with Crippen molar-refractivity contribution in [1.29, 1.82) is 0 Å². The van der Waals surface area contributed by atoms with Gasteiger partial charge in [-0.05, 0) is 56.6 Å². The second kappa shape index (κ2) is 8.10. The number of hydrogen-bond donors (Lipinski definition) is 1. The minimum Gasteiger partial charge on any atom is -0.341 e. The summed E-state index contributed by atoms with van der Waals surface area (Å²) in [6.45, 7) is 3.15. The van der Waals surface area contributed by atoms with Gasteiger partial charge in [0, 0.05) is 44.7 Å². The van der Waals surface area contributed by atoms with Crippen LogP contribution in [0.2, 0.25) is 0 Å². The summed E-state index contributed by atoms with van der Waals surface area (Å²) in [5, 5.41) is 3.68. The highest BCUT2D eigenvalue weighted by atomic mass is 16.2. The van der Waals surface area contributed by atoms with Crippen LogP contribution in [0.15, 0.2) is 30.3 Å². The monoisotopic (exact) mass is 355 g/mol. The lowest BCUT2D eigenvalue weighted by Crippen LogP contribution is -2.49. The van der Waals surface area contributed by atoms with Crippen molar-refractivity contribution in [2.75, 3.05) is 20.1 Å². The number of fused-ring (bicyclic) bond motifs is 2. The maximum absolute atomic E-state index is 12.9. The molecule has 4 nitrogen and oxygen atoms in total. The number of nitrogens with zero attached hydrogens (tertiary/aromatic N) is 2. The molecular formula is C22H33N3O. The number of benzene rings is 1. The summed E-state index contributed by atoms with van der Waals surface area (Å²) in [6.07, 6.45) is 8.09. The molecule has 0 aliphatic carbocycles. The van der Waals surface area contributed by atoms with Gasteiger partial charge in [0.1, 0.15) is 0 Å². The van der Waals surface area contributed by atoms with Gasteiger partial charge >= 0.3 is 0 Å². The lowest BCUT2D eigenvalue weighted by molar-refractivity contribution is -0.134. The van der Waals surface area contributed by atoms with Crippen LogP contribution in [-0.2, 0) is 11.3 Å². The Balaban J connectivity index is 1.29. The van der Waals surface area contributed by atoms with E-state index >= 15 is 0 Å². The number of hydrogen-bond acceptors (Lipinski definition) is 3. The molecule has 3 fully saturated rings. The minimum atomic E-state index is 0.364. The number of piperidine rings is 2. The number of carbonyl (C=O) groups is 1. The van der Waals surface area contributed by atoms with Gasteiger partial charge in [-0.1, -0.05) is 30.3 Å². The predicted molar refractivity (Wildman–Crippen MR) is 105 cm³/mol. The van der Waals surface area contributed by atoms with Crippen molar-refractivity contribution in [3.05, 3.63) is 35.9 Å². The Bertz CT molecular complexity index is 593. The second-order valence-electron chi connectivity index (χ2n) is 8.70.